The first kappa shape index (κ1) is 24.6. The van der Waals surface area contributed by atoms with Gasteiger partial charge in [0.15, 0.2) is 0 Å². The van der Waals surface area contributed by atoms with Crippen molar-refractivity contribution in [3.05, 3.63) is 71.4 Å². The Hall–Kier alpha value is -4.01. The number of carbonyl (C=O) groups excluding carboxylic acids is 3. The van der Waals surface area contributed by atoms with Crippen molar-refractivity contribution in [3.63, 3.8) is 0 Å². The molecule has 2 aromatic carbocycles. The summed E-state index contributed by atoms with van der Waals surface area (Å²) in [6.45, 7) is 1.93. The van der Waals surface area contributed by atoms with Crippen molar-refractivity contribution in [2.24, 2.45) is 0 Å². The number of para-hydroxylation sites is 1. The Bertz CT molecular complexity index is 1020. The Labute approximate surface area is 198 Å². The first-order valence-corrected chi connectivity index (χ1v) is 11.0. The standard InChI is InChI=1S/C25H28N2O7/c1-3-32-24(29)22-20(16-34-21(28)10-7-15-33-19-8-5-4-6-9-19)26-25(30)27-23(22)17-11-13-18(31-2)14-12-17/h4-6,8-9,11-14,23H,3,7,10,15-16H2,1-2H3,(H2,26,27,30). The Morgan fingerprint density at radius 1 is 0.971 bits per heavy atom. The van der Waals surface area contributed by atoms with Crippen LogP contribution in [0.25, 0.3) is 0 Å². The second kappa shape index (κ2) is 12.3. The molecule has 1 heterocycles. The maximum absolute atomic E-state index is 12.8. The molecule has 0 bridgehead atoms. The molecule has 0 aromatic heterocycles. The molecule has 2 N–H and O–H groups in total. The molecule has 1 unspecified atom stereocenters. The van der Waals surface area contributed by atoms with E-state index in [2.05, 4.69) is 10.6 Å². The van der Waals surface area contributed by atoms with Gasteiger partial charge in [0.2, 0.25) is 0 Å². The smallest absolute Gasteiger partial charge is 0.338 e. The van der Waals surface area contributed by atoms with Crippen molar-refractivity contribution in [3.8, 4) is 11.5 Å². The largest absolute Gasteiger partial charge is 0.497 e. The van der Waals surface area contributed by atoms with Crippen LogP contribution < -0.4 is 20.1 Å². The molecule has 0 saturated carbocycles. The van der Waals surface area contributed by atoms with Crippen molar-refractivity contribution >= 4 is 18.0 Å². The summed E-state index contributed by atoms with van der Waals surface area (Å²) in [4.78, 5) is 37.3. The van der Waals surface area contributed by atoms with Crippen molar-refractivity contribution in [2.45, 2.75) is 25.8 Å². The van der Waals surface area contributed by atoms with Gasteiger partial charge in [0.05, 0.1) is 37.6 Å². The van der Waals surface area contributed by atoms with Gasteiger partial charge in [-0.1, -0.05) is 30.3 Å². The number of methoxy groups -OCH3 is 1. The van der Waals surface area contributed by atoms with Crippen LogP contribution in [0.15, 0.2) is 65.9 Å². The monoisotopic (exact) mass is 468 g/mol. The van der Waals surface area contributed by atoms with E-state index < -0.39 is 24.0 Å². The molecule has 0 fully saturated rings. The van der Waals surface area contributed by atoms with E-state index in [1.54, 1.807) is 38.3 Å². The summed E-state index contributed by atoms with van der Waals surface area (Å²) in [5, 5.41) is 5.30. The number of esters is 2. The average molecular weight is 469 g/mol. The highest BCUT2D eigenvalue weighted by Crippen LogP contribution is 2.29. The third-order valence-electron chi connectivity index (χ3n) is 5.01. The molecule has 0 spiro atoms. The first-order chi connectivity index (χ1) is 16.5. The maximum atomic E-state index is 12.8. The van der Waals surface area contributed by atoms with E-state index in [1.807, 2.05) is 30.3 Å². The first-order valence-electron chi connectivity index (χ1n) is 11.0. The summed E-state index contributed by atoms with van der Waals surface area (Å²) >= 11 is 0. The van der Waals surface area contributed by atoms with Crippen LogP contribution in [0.5, 0.6) is 11.5 Å². The van der Waals surface area contributed by atoms with Crippen molar-refractivity contribution in [1.29, 1.82) is 0 Å². The molecule has 34 heavy (non-hydrogen) atoms. The topological polar surface area (TPSA) is 112 Å². The second-order valence-electron chi connectivity index (χ2n) is 7.34. The lowest BCUT2D eigenvalue weighted by molar-refractivity contribution is -0.144. The van der Waals surface area contributed by atoms with Crippen LogP contribution in [0, 0.1) is 0 Å². The summed E-state index contributed by atoms with van der Waals surface area (Å²) < 4.78 is 21.3. The van der Waals surface area contributed by atoms with Gasteiger partial charge < -0.3 is 29.6 Å². The molecule has 0 aliphatic carbocycles. The van der Waals surface area contributed by atoms with Gasteiger partial charge in [-0.3, -0.25) is 4.79 Å². The molecule has 2 amide bonds. The molecule has 180 valence electrons. The molecule has 0 saturated heterocycles. The van der Waals surface area contributed by atoms with Crippen LogP contribution in [0.3, 0.4) is 0 Å². The molecular formula is C25H28N2O7. The van der Waals surface area contributed by atoms with E-state index >= 15 is 0 Å². The number of ether oxygens (including phenoxy) is 4. The predicted octanol–water partition coefficient (Wildman–Crippen LogP) is 3.27. The lowest BCUT2D eigenvalue weighted by atomic mass is 9.95. The van der Waals surface area contributed by atoms with E-state index in [4.69, 9.17) is 18.9 Å². The Kier molecular flexibility index (Phi) is 8.90. The Balaban J connectivity index is 1.66. The minimum atomic E-state index is -0.772. The van der Waals surface area contributed by atoms with Gasteiger partial charge >= 0.3 is 18.0 Å². The molecule has 1 atom stereocenters. The molecule has 9 heteroatoms. The summed E-state index contributed by atoms with van der Waals surface area (Å²) in [6, 6.07) is 14.9. The normalized spacial score (nSPS) is 15.1. The van der Waals surface area contributed by atoms with Gasteiger partial charge in [-0.05, 0) is 43.2 Å². The number of amides is 2. The third-order valence-corrected chi connectivity index (χ3v) is 5.01. The van der Waals surface area contributed by atoms with Crippen LogP contribution in [0.4, 0.5) is 4.79 Å². The fraction of sp³-hybridized carbons (Fsp3) is 0.320. The highest BCUT2D eigenvalue weighted by molar-refractivity contribution is 5.95. The number of nitrogens with one attached hydrogen (secondary N) is 2. The Morgan fingerprint density at radius 3 is 2.38 bits per heavy atom. The van der Waals surface area contributed by atoms with Crippen LogP contribution >= 0.6 is 0 Å². The van der Waals surface area contributed by atoms with Crippen molar-refractivity contribution in [1.82, 2.24) is 10.6 Å². The van der Waals surface area contributed by atoms with E-state index in [9.17, 15) is 14.4 Å². The summed E-state index contributed by atoms with van der Waals surface area (Å²) in [5.74, 6) is 0.275. The van der Waals surface area contributed by atoms with Crippen LogP contribution in [0.1, 0.15) is 31.4 Å². The highest BCUT2D eigenvalue weighted by atomic mass is 16.5. The fourth-order valence-electron chi connectivity index (χ4n) is 3.38. The quantitative estimate of drug-likeness (QED) is 0.384. The zero-order chi connectivity index (χ0) is 24.3. The molecule has 1 aliphatic rings. The van der Waals surface area contributed by atoms with Gasteiger partial charge in [0, 0.05) is 6.42 Å². The van der Waals surface area contributed by atoms with Gasteiger partial charge in [-0.15, -0.1) is 0 Å². The molecule has 2 aromatic rings. The molecule has 9 nitrogen and oxygen atoms in total. The molecule has 1 aliphatic heterocycles. The lowest BCUT2D eigenvalue weighted by Crippen LogP contribution is -2.47. The maximum Gasteiger partial charge on any atom is 0.338 e. The molecule has 0 radical (unpaired) electrons. The van der Waals surface area contributed by atoms with Gasteiger partial charge in [0.25, 0.3) is 0 Å². The van der Waals surface area contributed by atoms with Gasteiger partial charge in [-0.2, -0.15) is 0 Å². The van der Waals surface area contributed by atoms with E-state index in [0.717, 1.165) is 5.75 Å². The number of rotatable bonds is 11. The highest BCUT2D eigenvalue weighted by Gasteiger charge is 2.34. The average Bonchev–Trinajstić information content (AvgIpc) is 2.85. The lowest BCUT2D eigenvalue weighted by Gasteiger charge is -2.29. The number of urea groups is 1. The number of hydrogen-bond donors (Lipinski definition) is 2. The van der Waals surface area contributed by atoms with Gasteiger partial charge in [-0.25, -0.2) is 9.59 Å². The summed E-state index contributed by atoms with van der Waals surface area (Å²) in [5.41, 5.74) is 1.00. The second-order valence-corrected chi connectivity index (χ2v) is 7.34. The fourth-order valence-corrected chi connectivity index (χ4v) is 3.38. The predicted molar refractivity (Wildman–Crippen MR) is 123 cm³/mol. The molecule has 3 rings (SSSR count). The van der Waals surface area contributed by atoms with Crippen LogP contribution in [-0.2, 0) is 19.1 Å². The zero-order valence-electron chi connectivity index (χ0n) is 19.2. The van der Waals surface area contributed by atoms with E-state index in [1.165, 1.54) is 0 Å². The molecular weight excluding hydrogens is 440 g/mol. The zero-order valence-corrected chi connectivity index (χ0v) is 19.2. The van der Waals surface area contributed by atoms with Crippen molar-refractivity contribution in [2.75, 3.05) is 26.9 Å². The van der Waals surface area contributed by atoms with E-state index in [-0.39, 0.29) is 30.9 Å². The minimum absolute atomic E-state index is 0.128. The Morgan fingerprint density at radius 2 is 1.71 bits per heavy atom. The van der Waals surface area contributed by atoms with E-state index in [0.29, 0.717) is 24.3 Å². The van der Waals surface area contributed by atoms with Crippen LogP contribution in [-0.4, -0.2) is 44.9 Å². The summed E-state index contributed by atoms with van der Waals surface area (Å²) in [6.07, 6.45) is 0.586. The number of carbonyl (C=O) groups is 3. The van der Waals surface area contributed by atoms with Crippen LogP contribution in [0.2, 0.25) is 0 Å². The third kappa shape index (κ3) is 6.74. The number of benzene rings is 2. The minimum Gasteiger partial charge on any atom is -0.497 e. The van der Waals surface area contributed by atoms with Gasteiger partial charge in [0.1, 0.15) is 18.1 Å². The van der Waals surface area contributed by atoms with Crippen molar-refractivity contribution < 1.29 is 33.3 Å². The summed E-state index contributed by atoms with van der Waals surface area (Å²) in [7, 11) is 1.55. The number of hydrogen-bond acceptors (Lipinski definition) is 7. The SMILES string of the molecule is CCOC(=O)C1=C(COC(=O)CCCOc2ccccc2)NC(=O)NC1c1ccc(OC)cc1.